The summed E-state index contributed by atoms with van der Waals surface area (Å²) in [5.74, 6) is 0.582. The Balaban J connectivity index is 2.16. The van der Waals surface area contributed by atoms with E-state index in [9.17, 15) is 0 Å². The average Bonchev–Trinajstić information content (AvgIpc) is 2.62. The van der Waals surface area contributed by atoms with Gasteiger partial charge < -0.3 is 14.8 Å². The first kappa shape index (κ1) is 12.0. The lowest BCUT2D eigenvalue weighted by Crippen LogP contribution is -2.39. The van der Waals surface area contributed by atoms with Crippen molar-refractivity contribution in [1.82, 2.24) is 5.32 Å². The quantitative estimate of drug-likeness (QED) is 0.705. The van der Waals surface area contributed by atoms with Gasteiger partial charge in [-0.3, -0.25) is 0 Å². The Morgan fingerprint density at radius 3 is 2.79 bits per heavy atom. The van der Waals surface area contributed by atoms with E-state index in [0.717, 1.165) is 13.2 Å². The topological polar surface area (TPSA) is 30.5 Å². The molecule has 0 heterocycles. The van der Waals surface area contributed by atoms with E-state index in [0.29, 0.717) is 18.1 Å². The van der Waals surface area contributed by atoms with Crippen LogP contribution in [0.3, 0.4) is 0 Å². The monoisotopic (exact) mass is 201 g/mol. The summed E-state index contributed by atoms with van der Waals surface area (Å²) in [4.78, 5) is 0. The summed E-state index contributed by atoms with van der Waals surface area (Å²) in [6.45, 7) is 4.06. The van der Waals surface area contributed by atoms with Gasteiger partial charge in [-0.25, -0.2) is 0 Å². The SMILES string of the molecule is COCC(C)CNC1CCCC1OC. The van der Waals surface area contributed by atoms with Gasteiger partial charge in [-0.2, -0.15) is 0 Å². The zero-order valence-corrected chi connectivity index (χ0v) is 9.58. The summed E-state index contributed by atoms with van der Waals surface area (Å²) >= 11 is 0. The Labute approximate surface area is 87.2 Å². The second-order valence-corrected chi connectivity index (χ2v) is 4.28. The van der Waals surface area contributed by atoms with Gasteiger partial charge in [0.05, 0.1) is 6.10 Å². The lowest BCUT2D eigenvalue weighted by atomic mass is 10.1. The van der Waals surface area contributed by atoms with Crippen LogP contribution in [0.5, 0.6) is 0 Å². The van der Waals surface area contributed by atoms with E-state index in [2.05, 4.69) is 12.2 Å². The first-order valence-electron chi connectivity index (χ1n) is 5.53. The van der Waals surface area contributed by atoms with Crippen molar-refractivity contribution in [3.8, 4) is 0 Å². The van der Waals surface area contributed by atoms with Gasteiger partial charge >= 0.3 is 0 Å². The van der Waals surface area contributed by atoms with Crippen LogP contribution in [0.25, 0.3) is 0 Å². The largest absolute Gasteiger partial charge is 0.384 e. The number of methoxy groups -OCH3 is 2. The van der Waals surface area contributed by atoms with Gasteiger partial charge in [0, 0.05) is 33.4 Å². The molecule has 0 aliphatic heterocycles. The van der Waals surface area contributed by atoms with Crippen molar-refractivity contribution in [2.75, 3.05) is 27.4 Å². The highest BCUT2D eigenvalue weighted by Crippen LogP contribution is 2.21. The third-order valence-electron chi connectivity index (χ3n) is 2.93. The molecule has 3 heteroatoms. The summed E-state index contributed by atoms with van der Waals surface area (Å²) in [6.07, 6.45) is 4.16. The van der Waals surface area contributed by atoms with Gasteiger partial charge in [-0.05, 0) is 25.2 Å². The van der Waals surface area contributed by atoms with E-state index in [4.69, 9.17) is 9.47 Å². The molecule has 1 rings (SSSR count). The Kier molecular flexibility index (Phi) is 5.45. The van der Waals surface area contributed by atoms with Crippen LogP contribution >= 0.6 is 0 Å². The van der Waals surface area contributed by atoms with E-state index in [1.807, 2.05) is 7.11 Å². The van der Waals surface area contributed by atoms with E-state index in [1.54, 1.807) is 7.11 Å². The molecule has 3 nitrogen and oxygen atoms in total. The maximum absolute atomic E-state index is 5.42. The Hall–Kier alpha value is -0.120. The molecule has 0 amide bonds. The van der Waals surface area contributed by atoms with Gasteiger partial charge in [-0.1, -0.05) is 6.92 Å². The van der Waals surface area contributed by atoms with Crippen LogP contribution in [0.15, 0.2) is 0 Å². The van der Waals surface area contributed by atoms with E-state index in [-0.39, 0.29) is 0 Å². The molecule has 84 valence electrons. The van der Waals surface area contributed by atoms with Crippen molar-refractivity contribution >= 4 is 0 Å². The molecule has 0 aromatic rings. The number of hydrogen-bond donors (Lipinski definition) is 1. The zero-order chi connectivity index (χ0) is 10.4. The number of nitrogens with one attached hydrogen (secondary N) is 1. The molecule has 1 aliphatic carbocycles. The summed E-state index contributed by atoms with van der Waals surface area (Å²) in [5.41, 5.74) is 0. The molecule has 0 aromatic heterocycles. The minimum atomic E-state index is 0.421. The molecule has 0 spiro atoms. The molecule has 14 heavy (non-hydrogen) atoms. The first-order chi connectivity index (χ1) is 6.77. The van der Waals surface area contributed by atoms with Crippen molar-refractivity contribution in [3.63, 3.8) is 0 Å². The van der Waals surface area contributed by atoms with Crippen molar-refractivity contribution in [2.45, 2.75) is 38.3 Å². The molecule has 3 atom stereocenters. The van der Waals surface area contributed by atoms with Crippen molar-refractivity contribution in [2.24, 2.45) is 5.92 Å². The van der Waals surface area contributed by atoms with Gasteiger partial charge in [0.15, 0.2) is 0 Å². The van der Waals surface area contributed by atoms with E-state index < -0.39 is 0 Å². The van der Waals surface area contributed by atoms with Crippen LogP contribution in [-0.2, 0) is 9.47 Å². The standard InChI is InChI=1S/C11H23NO2/c1-9(8-13-2)7-12-10-5-4-6-11(10)14-3/h9-12H,4-8H2,1-3H3. The minimum absolute atomic E-state index is 0.421. The van der Waals surface area contributed by atoms with Gasteiger partial charge in [-0.15, -0.1) is 0 Å². The predicted octanol–water partition coefficient (Wildman–Crippen LogP) is 1.43. The van der Waals surface area contributed by atoms with Crippen LogP contribution in [-0.4, -0.2) is 39.5 Å². The fourth-order valence-corrected chi connectivity index (χ4v) is 2.14. The molecule has 1 N–H and O–H groups in total. The maximum Gasteiger partial charge on any atom is 0.0724 e. The Morgan fingerprint density at radius 1 is 1.36 bits per heavy atom. The Morgan fingerprint density at radius 2 is 2.14 bits per heavy atom. The normalized spacial score (nSPS) is 29.4. The molecule has 0 saturated heterocycles. The van der Waals surface area contributed by atoms with Crippen molar-refractivity contribution in [3.05, 3.63) is 0 Å². The second-order valence-electron chi connectivity index (χ2n) is 4.28. The predicted molar refractivity (Wildman–Crippen MR) is 57.5 cm³/mol. The molecule has 1 aliphatic rings. The summed E-state index contributed by atoms with van der Waals surface area (Å²) in [5, 5.41) is 3.56. The Bertz CT molecular complexity index is 152. The number of ether oxygens (including phenoxy) is 2. The molecule has 3 unspecified atom stereocenters. The third-order valence-corrected chi connectivity index (χ3v) is 2.93. The fourth-order valence-electron chi connectivity index (χ4n) is 2.14. The van der Waals surface area contributed by atoms with E-state index >= 15 is 0 Å². The third kappa shape index (κ3) is 3.56. The highest BCUT2D eigenvalue weighted by molar-refractivity contribution is 4.84. The van der Waals surface area contributed by atoms with Crippen LogP contribution < -0.4 is 5.32 Å². The molecular formula is C11H23NO2. The molecule has 0 radical (unpaired) electrons. The van der Waals surface area contributed by atoms with Crippen LogP contribution in [0.4, 0.5) is 0 Å². The summed E-state index contributed by atoms with van der Waals surface area (Å²) < 4.78 is 10.5. The number of rotatable bonds is 6. The number of hydrogen-bond acceptors (Lipinski definition) is 3. The van der Waals surface area contributed by atoms with Gasteiger partial charge in [0.25, 0.3) is 0 Å². The van der Waals surface area contributed by atoms with Crippen molar-refractivity contribution < 1.29 is 9.47 Å². The lowest BCUT2D eigenvalue weighted by molar-refractivity contribution is 0.0812. The van der Waals surface area contributed by atoms with Crippen LogP contribution in [0.1, 0.15) is 26.2 Å². The molecule has 0 aromatic carbocycles. The highest BCUT2D eigenvalue weighted by Gasteiger charge is 2.26. The van der Waals surface area contributed by atoms with Crippen molar-refractivity contribution in [1.29, 1.82) is 0 Å². The summed E-state index contributed by atoms with van der Waals surface area (Å²) in [7, 11) is 3.56. The van der Waals surface area contributed by atoms with Crippen LogP contribution in [0.2, 0.25) is 0 Å². The van der Waals surface area contributed by atoms with Gasteiger partial charge in [0.2, 0.25) is 0 Å². The van der Waals surface area contributed by atoms with Gasteiger partial charge in [0.1, 0.15) is 0 Å². The van der Waals surface area contributed by atoms with Crippen LogP contribution in [0, 0.1) is 5.92 Å². The second kappa shape index (κ2) is 6.38. The smallest absolute Gasteiger partial charge is 0.0724 e. The lowest BCUT2D eigenvalue weighted by Gasteiger charge is -2.21. The molecule has 1 fully saturated rings. The fraction of sp³-hybridized carbons (Fsp3) is 1.00. The average molecular weight is 201 g/mol. The molecule has 0 bridgehead atoms. The maximum atomic E-state index is 5.42. The minimum Gasteiger partial charge on any atom is -0.384 e. The zero-order valence-electron chi connectivity index (χ0n) is 9.58. The first-order valence-corrected chi connectivity index (χ1v) is 5.53. The highest BCUT2D eigenvalue weighted by atomic mass is 16.5. The van der Waals surface area contributed by atoms with E-state index in [1.165, 1.54) is 19.3 Å². The molecule has 1 saturated carbocycles. The summed E-state index contributed by atoms with van der Waals surface area (Å²) in [6, 6.07) is 0.555. The molecular weight excluding hydrogens is 178 g/mol.